The van der Waals surface area contributed by atoms with Crippen LogP contribution in [0.1, 0.15) is 30.4 Å². The van der Waals surface area contributed by atoms with Crippen molar-refractivity contribution in [2.75, 3.05) is 13.2 Å². The number of benzene rings is 2. The molecule has 2 aromatic carbocycles. The molecular formula is C21H25NO3. The van der Waals surface area contributed by atoms with Gasteiger partial charge in [0.25, 0.3) is 0 Å². The van der Waals surface area contributed by atoms with Crippen molar-refractivity contribution >= 4 is 5.91 Å². The van der Waals surface area contributed by atoms with Crippen LogP contribution in [0.25, 0.3) is 0 Å². The Morgan fingerprint density at radius 1 is 1.08 bits per heavy atom. The predicted molar refractivity (Wildman–Crippen MR) is 97.5 cm³/mol. The predicted octanol–water partition coefficient (Wildman–Crippen LogP) is 3.49. The molecule has 1 fully saturated rings. The minimum absolute atomic E-state index is 0.0718. The lowest BCUT2D eigenvalue weighted by atomic mass is 10.1. The second-order valence-corrected chi connectivity index (χ2v) is 6.35. The van der Waals surface area contributed by atoms with E-state index in [4.69, 9.17) is 9.47 Å². The van der Waals surface area contributed by atoms with E-state index in [1.807, 2.05) is 54.6 Å². The Morgan fingerprint density at radius 3 is 2.60 bits per heavy atom. The molecule has 1 atom stereocenters. The molecule has 4 heteroatoms. The average Bonchev–Trinajstić information content (AvgIpc) is 3.18. The molecule has 0 saturated carbocycles. The lowest BCUT2D eigenvalue weighted by Crippen LogP contribution is -2.23. The quantitative estimate of drug-likeness (QED) is 0.801. The molecule has 0 aromatic heterocycles. The normalized spacial score (nSPS) is 16.6. The lowest BCUT2D eigenvalue weighted by molar-refractivity contribution is -0.121. The van der Waals surface area contributed by atoms with Gasteiger partial charge in [-0.3, -0.25) is 4.79 Å². The maximum absolute atomic E-state index is 12.0. The Kier molecular flexibility index (Phi) is 6.46. The second-order valence-electron chi connectivity index (χ2n) is 6.35. The summed E-state index contributed by atoms with van der Waals surface area (Å²) in [6, 6.07) is 17.9. The number of ether oxygens (including phenoxy) is 2. The number of aryl methyl sites for hydroxylation is 1. The van der Waals surface area contributed by atoms with Crippen molar-refractivity contribution in [3.63, 3.8) is 0 Å². The Morgan fingerprint density at radius 2 is 1.88 bits per heavy atom. The second kappa shape index (κ2) is 9.23. The molecule has 4 nitrogen and oxygen atoms in total. The lowest BCUT2D eigenvalue weighted by Gasteiger charge is -2.12. The average molecular weight is 339 g/mol. The van der Waals surface area contributed by atoms with Crippen LogP contribution in [0, 0.1) is 0 Å². The Balaban J connectivity index is 1.36. The van der Waals surface area contributed by atoms with Crippen molar-refractivity contribution in [2.24, 2.45) is 0 Å². The summed E-state index contributed by atoms with van der Waals surface area (Å²) in [4.78, 5) is 12.0. The van der Waals surface area contributed by atoms with Crippen LogP contribution in [0.2, 0.25) is 0 Å². The highest BCUT2D eigenvalue weighted by molar-refractivity contribution is 5.76. The van der Waals surface area contributed by atoms with Crippen molar-refractivity contribution in [1.82, 2.24) is 5.32 Å². The fourth-order valence-corrected chi connectivity index (χ4v) is 2.86. The topological polar surface area (TPSA) is 47.6 Å². The van der Waals surface area contributed by atoms with Crippen LogP contribution in [-0.4, -0.2) is 25.2 Å². The van der Waals surface area contributed by atoms with Crippen LogP contribution in [0.5, 0.6) is 5.75 Å². The molecular weight excluding hydrogens is 314 g/mol. The highest BCUT2D eigenvalue weighted by Crippen LogP contribution is 2.16. The van der Waals surface area contributed by atoms with Crippen LogP contribution in [-0.2, 0) is 22.5 Å². The SMILES string of the molecule is O=C(CCc1ccccc1)NCc1ccc(OC[C@H]2CCCO2)cc1. The maximum Gasteiger partial charge on any atom is 0.220 e. The van der Waals surface area contributed by atoms with Gasteiger partial charge in [0.1, 0.15) is 12.4 Å². The van der Waals surface area contributed by atoms with Crippen LogP contribution in [0.4, 0.5) is 0 Å². The van der Waals surface area contributed by atoms with Gasteiger partial charge < -0.3 is 14.8 Å². The van der Waals surface area contributed by atoms with E-state index >= 15 is 0 Å². The molecule has 1 saturated heterocycles. The summed E-state index contributed by atoms with van der Waals surface area (Å²) in [5.74, 6) is 0.914. The van der Waals surface area contributed by atoms with Crippen molar-refractivity contribution in [1.29, 1.82) is 0 Å². The van der Waals surface area contributed by atoms with Gasteiger partial charge in [0.15, 0.2) is 0 Å². The van der Waals surface area contributed by atoms with Crippen molar-refractivity contribution < 1.29 is 14.3 Å². The first-order valence-electron chi connectivity index (χ1n) is 8.93. The van der Waals surface area contributed by atoms with Crippen molar-refractivity contribution in [3.8, 4) is 5.75 Å². The fraction of sp³-hybridized carbons (Fsp3) is 0.381. The number of hydrogen-bond acceptors (Lipinski definition) is 3. The first-order valence-corrected chi connectivity index (χ1v) is 8.93. The summed E-state index contributed by atoms with van der Waals surface area (Å²) < 4.78 is 11.3. The van der Waals surface area contributed by atoms with Gasteiger partial charge >= 0.3 is 0 Å². The Labute approximate surface area is 149 Å². The summed E-state index contributed by atoms with van der Waals surface area (Å²) in [6.45, 7) is 1.99. The van der Waals surface area contributed by atoms with E-state index in [1.54, 1.807) is 0 Å². The van der Waals surface area contributed by atoms with Crippen LogP contribution < -0.4 is 10.1 Å². The van der Waals surface area contributed by atoms with Gasteiger partial charge in [-0.15, -0.1) is 0 Å². The van der Waals surface area contributed by atoms with Gasteiger partial charge in [0.05, 0.1) is 6.10 Å². The van der Waals surface area contributed by atoms with Gasteiger partial charge in [-0.05, 0) is 42.5 Å². The highest BCUT2D eigenvalue weighted by atomic mass is 16.5. The van der Waals surface area contributed by atoms with E-state index in [-0.39, 0.29) is 12.0 Å². The number of carbonyl (C=O) groups excluding carboxylic acids is 1. The number of rotatable bonds is 8. The monoisotopic (exact) mass is 339 g/mol. The van der Waals surface area contributed by atoms with Gasteiger partial charge in [-0.1, -0.05) is 42.5 Å². The molecule has 25 heavy (non-hydrogen) atoms. The molecule has 0 radical (unpaired) electrons. The van der Waals surface area contributed by atoms with E-state index in [2.05, 4.69) is 5.32 Å². The van der Waals surface area contributed by atoms with Crippen molar-refractivity contribution in [2.45, 2.75) is 38.3 Å². The zero-order chi connectivity index (χ0) is 17.3. The van der Waals surface area contributed by atoms with E-state index in [0.717, 1.165) is 37.2 Å². The largest absolute Gasteiger partial charge is 0.491 e. The molecule has 1 aliphatic rings. The maximum atomic E-state index is 12.0. The van der Waals surface area contributed by atoms with Crippen LogP contribution >= 0.6 is 0 Å². The first kappa shape index (κ1) is 17.5. The Bertz CT molecular complexity index is 649. The molecule has 0 bridgehead atoms. The minimum Gasteiger partial charge on any atom is -0.491 e. The van der Waals surface area contributed by atoms with E-state index in [1.165, 1.54) is 5.56 Å². The van der Waals surface area contributed by atoms with Gasteiger partial charge in [0.2, 0.25) is 5.91 Å². The van der Waals surface area contributed by atoms with Gasteiger partial charge in [-0.2, -0.15) is 0 Å². The molecule has 0 spiro atoms. The third-order valence-electron chi connectivity index (χ3n) is 4.36. The summed E-state index contributed by atoms with van der Waals surface area (Å²) in [6.07, 6.45) is 3.70. The highest BCUT2D eigenvalue weighted by Gasteiger charge is 2.15. The number of hydrogen-bond donors (Lipinski definition) is 1. The molecule has 0 unspecified atom stereocenters. The van der Waals surface area contributed by atoms with Crippen molar-refractivity contribution in [3.05, 3.63) is 65.7 Å². The molecule has 2 aromatic rings. The zero-order valence-corrected chi connectivity index (χ0v) is 14.4. The zero-order valence-electron chi connectivity index (χ0n) is 14.4. The molecule has 3 rings (SSSR count). The molecule has 1 aliphatic heterocycles. The molecule has 1 N–H and O–H groups in total. The third kappa shape index (κ3) is 5.91. The van der Waals surface area contributed by atoms with E-state index in [0.29, 0.717) is 19.6 Å². The molecule has 1 heterocycles. The third-order valence-corrected chi connectivity index (χ3v) is 4.36. The first-order chi connectivity index (χ1) is 12.3. The summed E-state index contributed by atoms with van der Waals surface area (Å²) in [5.41, 5.74) is 2.25. The minimum atomic E-state index is 0.0718. The standard InChI is InChI=1S/C21H25NO3/c23-21(13-10-17-5-2-1-3-6-17)22-15-18-8-11-19(12-9-18)25-16-20-7-4-14-24-20/h1-3,5-6,8-9,11-12,20H,4,7,10,13-16H2,(H,22,23)/t20-/m1/s1. The van der Waals surface area contributed by atoms with Crippen LogP contribution in [0.15, 0.2) is 54.6 Å². The molecule has 132 valence electrons. The van der Waals surface area contributed by atoms with Crippen LogP contribution in [0.3, 0.4) is 0 Å². The Hall–Kier alpha value is -2.33. The number of nitrogens with one attached hydrogen (secondary N) is 1. The summed E-state index contributed by atoms with van der Waals surface area (Å²) >= 11 is 0. The van der Waals surface area contributed by atoms with Gasteiger partial charge in [0, 0.05) is 19.6 Å². The number of amides is 1. The molecule has 0 aliphatic carbocycles. The fourth-order valence-electron chi connectivity index (χ4n) is 2.86. The summed E-state index contributed by atoms with van der Waals surface area (Å²) in [5, 5.41) is 2.97. The summed E-state index contributed by atoms with van der Waals surface area (Å²) in [7, 11) is 0. The van der Waals surface area contributed by atoms with E-state index in [9.17, 15) is 4.79 Å². The smallest absolute Gasteiger partial charge is 0.220 e. The number of carbonyl (C=O) groups is 1. The van der Waals surface area contributed by atoms with Gasteiger partial charge in [-0.25, -0.2) is 0 Å². The van der Waals surface area contributed by atoms with E-state index < -0.39 is 0 Å². The molecule has 1 amide bonds.